The summed E-state index contributed by atoms with van der Waals surface area (Å²) in [7, 11) is 0. The van der Waals surface area contributed by atoms with E-state index in [1.54, 1.807) is 13.0 Å². The predicted molar refractivity (Wildman–Crippen MR) is 47.2 cm³/mol. The van der Waals surface area contributed by atoms with Crippen LogP contribution in [-0.2, 0) is 14.3 Å². The molecule has 14 heavy (non-hydrogen) atoms. The zero-order valence-electron chi connectivity index (χ0n) is 7.82. The first-order chi connectivity index (χ1) is 6.60. The molecule has 0 heterocycles. The van der Waals surface area contributed by atoms with Crippen molar-refractivity contribution in [3.05, 3.63) is 11.6 Å². The molecule has 0 atom stereocenters. The minimum absolute atomic E-state index is 0.145. The molecule has 0 unspecified atom stereocenters. The monoisotopic (exact) mass is 197 g/mol. The maximum absolute atomic E-state index is 10.9. The molecule has 0 spiro atoms. The van der Waals surface area contributed by atoms with E-state index in [2.05, 4.69) is 4.74 Å². The maximum Gasteiger partial charge on any atom is 0.309 e. The van der Waals surface area contributed by atoms with Crippen molar-refractivity contribution in [2.75, 3.05) is 6.61 Å². The first kappa shape index (κ1) is 12.2. The molecule has 0 bridgehead atoms. The van der Waals surface area contributed by atoms with E-state index in [1.807, 2.05) is 0 Å². The smallest absolute Gasteiger partial charge is 0.309 e. The number of ether oxygens (including phenoxy) is 1. The first-order valence-electron chi connectivity index (χ1n) is 4.05. The molecule has 0 saturated carbocycles. The number of aliphatic carboxylic acids is 1. The third kappa shape index (κ3) is 5.77. The van der Waals surface area contributed by atoms with Gasteiger partial charge in [-0.15, -0.1) is 0 Å². The number of carbonyl (C=O) groups excluding carboxylic acids is 1. The number of allylic oxidation sites excluding steroid dienone is 1. The average molecular weight is 197 g/mol. The molecular weight excluding hydrogens is 186 g/mol. The van der Waals surface area contributed by atoms with E-state index in [-0.39, 0.29) is 25.0 Å². The minimum Gasteiger partial charge on any atom is -0.481 e. The normalized spacial score (nSPS) is 10.4. The molecule has 0 rings (SSSR count). The van der Waals surface area contributed by atoms with Gasteiger partial charge in [0.1, 0.15) is 0 Å². The second-order valence-electron chi connectivity index (χ2n) is 2.48. The summed E-state index contributed by atoms with van der Waals surface area (Å²) in [4.78, 5) is 21.3. The van der Waals surface area contributed by atoms with Crippen molar-refractivity contribution >= 4 is 11.9 Å². The Morgan fingerprint density at radius 1 is 1.50 bits per heavy atom. The van der Waals surface area contributed by atoms with E-state index in [4.69, 9.17) is 10.4 Å². The Bertz CT molecular complexity index is 288. The van der Waals surface area contributed by atoms with Crippen LogP contribution in [0.2, 0.25) is 0 Å². The topological polar surface area (TPSA) is 87.4 Å². The molecule has 0 aromatic rings. The fourth-order valence-electron chi connectivity index (χ4n) is 0.848. The highest BCUT2D eigenvalue weighted by atomic mass is 16.5. The Labute approximate surface area is 81.6 Å². The summed E-state index contributed by atoms with van der Waals surface area (Å²) < 4.78 is 4.62. The van der Waals surface area contributed by atoms with E-state index >= 15 is 0 Å². The van der Waals surface area contributed by atoms with Gasteiger partial charge in [-0.25, -0.2) is 0 Å². The van der Waals surface area contributed by atoms with Gasteiger partial charge in [-0.05, 0) is 12.5 Å². The Morgan fingerprint density at radius 3 is 2.57 bits per heavy atom. The van der Waals surface area contributed by atoms with Crippen molar-refractivity contribution in [3.63, 3.8) is 0 Å². The lowest BCUT2D eigenvalue weighted by Gasteiger charge is -2.02. The summed E-state index contributed by atoms with van der Waals surface area (Å²) >= 11 is 0. The van der Waals surface area contributed by atoms with Crippen molar-refractivity contribution in [3.8, 4) is 6.07 Å². The van der Waals surface area contributed by atoms with Crippen LogP contribution in [0.1, 0.15) is 19.8 Å². The molecule has 5 heteroatoms. The highest BCUT2D eigenvalue weighted by Gasteiger charge is 2.10. The second-order valence-corrected chi connectivity index (χ2v) is 2.48. The third-order valence-corrected chi connectivity index (χ3v) is 1.32. The van der Waals surface area contributed by atoms with E-state index in [0.717, 1.165) is 6.08 Å². The zero-order valence-corrected chi connectivity index (χ0v) is 7.82. The van der Waals surface area contributed by atoms with Gasteiger partial charge in [0.25, 0.3) is 0 Å². The summed E-state index contributed by atoms with van der Waals surface area (Å²) in [5.41, 5.74) is 0.249. The number of carboxylic acids is 1. The van der Waals surface area contributed by atoms with E-state index < -0.39 is 11.9 Å². The standard InChI is InChI=1S/C9H11NO4/c1-2-14-9(13)6-7(3-4-10)5-8(11)12/h3H,2,5-6H2,1H3,(H,11,12). The van der Waals surface area contributed by atoms with Crippen LogP contribution in [-0.4, -0.2) is 23.7 Å². The fourth-order valence-corrected chi connectivity index (χ4v) is 0.848. The lowest BCUT2D eigenvalue weighted by molar-refractivity contribution is -0.142. The van der Waals surface area contributed by atoms with Gasteiger partial charge in [0.15, 0.2) is 0 Å². The van der Waals surface area contributed by atoms with Crippen molar-refractivity contribution < 1.29 is 19.4 Å². The Morgan fingerprint density at radius 2 is 2.14 bits per heavy atom. The van der Waals surface area contributed by atoms with Crippen LogP contribution < -0.4 is 0 Å². The molecular formula is C9H11NO4. The van der Waals surface area contributed by atoms with Gasteiger partial charge < -0.3 is 9.84 Å². The van der Waals surface area contributed by atoms with Crippen molar-refractivity contribution in [1.82, 2.24) is 0 Å². The largest absolute Gasteiger partial charge is 0.481 e. The molecule has 0 radical (unpaired) electrons. The first-order valence-corrected chi connectivity index (χ1v) is 4.05. The van der Waals surface area contributed by atoms with E-state index in [9.17, 15) is 9.59 Å². The summed E-state index contributed by atoms with van der Waals surface area (Å²) in [6.07, 6.45) is 0.602. The van der Waals surface area contributed by atoms with Gasteiger partial charge >= 0.3 is 11.9 Å². The Balaban J connectivity index is 4.25. The van der Waals surface area contributed by atoms with Gasteiger partial charge in [0.2, 0.25) is 0 Å². The Kier molecular flexibility index (Phi) is 5.79. The van der Waals surface area contributed by atoms with Gasteiger partial charge in [0.05, 0.1) is 25.5 Å². The lowest BCUT2D eigenvalue weighted by Crippen LogP contribution is -2.07. The van der Waals surface area contributed by atoms with Gasteiger partial charge in [-0.1, -0.05) is 0 Å². The molecule has 5 nitrogen and oxygen atoms in total. The minimum atomic E-state index is -1.07. The quantitative estimate of drug-likeness (QED) is 0.521. The van der Waals surface area contributed by atoms with Gasteiger partial charge in [-0.3, -0.25) is 9.59 Å². The van der Waals surface area contributed by atoms with Gasteiger partial charge in [0, 0.05) is 6.08 Å². The van der Waals surface area contributed by atoms with Crippen molar-refractivity contribution in [2.45, 2.75) is 19.8 Å². The second kappa shape index (κ2) is 6.66. The van der Waals surface area contributed by atoms with Crippen LogP contribution in [0.5, 0.6) is 0 Å². The number of nitriles is 1. The third-order valence-electron chi connectivity index (χ3n) is 1.32. The summed E-state index contributed by atoms with van der Waals surface area (Å²) in [6.45, 7) is 1.90. The van der Waals surface area contributed by atoms with Crippen LogP contribution in [0.15, 0.2) is 11.6 Å². The number of esters is 1. The summed E-state index contributed by atoms with van der Waals surface area (Å²) in [6, 6.07) is 1.69. The summed E-state index contributed by atoms with van der Waals surface area (Å²) in [5.74, 6) is -1.59. The van der Waals surface area contributed by atoms with E-state index in [1.165, 1.54) is 0 Å². The molecule has 0 aromatic heterocycles. The number of carbonyl (C=O) groups is 2. The van der Waals surface area contributed by atoms with Crippen LogP contribution in [0, 0.1) is 11.3 Å². The van der Waals surface area contributed by atoms with Crippen molar-refractivity contribution in [1.29, 1.82) is 5.26 Å². The molecule has 0 fully saturated rings. The SMILES string of the molecule is CCOC(=O)CC(=CC#N)CC(=O)O. The van der Waals surface area contributed by atoms with Crippen LogP contribution >= 0.6 is 0 Å². The number of hydrogen-bond acceptors (Lipinski definition) is 4. The molecule has 0 aliphatic rings. The highest BCUT2D eigenvalue weighted by Crippen LogP contribution is 2.07. The molecule has 0 aliphatic carbocycles. The molecule has 1 N–H and O–H groups in total. The molecule has 0 amide bonds. The maximum atomic E-state index is 10.9. The number of carboxylic acid groups (broad SMARTS) is 1. The van der Waals surface area contributed by atoms with E-state index in [0.29, 0.717) is 0 Å². The number of nitrogens with zero attached hydrogens (tertiary/aromatic N) is 1. The number of hydrogen-bond donors (Lipinski definition) is 1. The van der Waals surface area contributed by atoms with Crippen LogP contribution in [0.3, 0.4) is 0 Å². The lowest BCUT2D eigenvalue weighted by atomic mass is 10.1. The summed E-state index contributed by atoms with van der Waals surface area (Å²) in [5, 5.41) is 16.8. The molecule has 0 saturated heterocycles. The fraction of sp³-hybridized carbons (Fsp3) is 0.444. The zero-order chi connectivity index (χ0) is 11.0. The predicted octanol–water partition coefficient (Wildman–Crippen LogP) is 0.864. The Hall–Kier alpha value is -1.83. The average Bonchev–Trinajstić information content (AvgIpc) is 2.03. The number of rotatable bonds is 5. The molecule has 0 aliphatic heterocycles. The highest BCUT2D eigenvalue weighted by molar-refractivity contribution is 5.77. The van der Waals surface area contributed by atoms with Gasteiger partial charge in [-0.2, -0.15) is 5.26 Å². The van der Waals surface area contributed by atoms with Crippen LogP contribution in [0.25, 0.3) is 0 Å². The molecule has 0 aromatic carbocycles. The molecule has 76 valence electrons. The van der Waals surface area contributed by atoms with Crippen LogP contribution in [0.4, 0.5) is 0 Å². The van der Waals surface area contributed by atoms with Crippen molar-refractivity contribution in [2.24, 2.45) is 0 Å².